The molecule has 0 saturated heterocycles. The van der Waals surface area contributed by atoms with Crippen LogP contribution in [0.25, 0.3) is 0 Å². The first kappa shape index (κ1) is 20.6. The molecular weight excluding hydrogens is 348 g/mol. The number of aryl methyl sites for hydroxylation is 2. The number of phenols is 2. The fourth-order valence-corrected chi connectivity index (χ4v) is 2.77. The highest BCUT2D eigenvalue weighted by molar-refractivity contribution is 5.41. The Balaban J connectivity index is 1.86. The number of benzene rings is 2. The van der Waals surface area contributed by atoms with Crippen molar-refractivity contribution in [2.45, 2.75) is 38.4 Å². The summed E-state index contributed by atoms with van der Waals surface area (Å²) in [5.41, 5.74) is 2.24. The minimum atomic E-state index is -0.794. The number of rotatable bonds is 9. The minimum Gasteiger partial charge on any atom is -0.513 e. The van der Waals surface area contributed by atoms with Crippen molar-refractivity contribution in [2.24, 2.45) is 0 Å². The maximum Gasteiger partial charge on any atom is 0.160 e. The van der Waals surface area contributed by atoms with Gasteiger partial charge in [0.2, 0.25) is 0 Å². The molecule has 2 aromatic rings. The number of phenolic OH excluding ortho intramolecular Hbond substituents is 1. The lowest BCUT2D eigenvalue weighted by molar-refractivity contribution is 0.206. The normalized spacial score (nSPS) is 12.8. The third-order valence-electron chi connectivity index (χ3n) is 4.34. The molecule has 27 heavy (non-hydrogen) atoms. The van der Waals surface area contributed by atoms with Crippen LogP contribution in [0.4, 0.5) is 0 Å². The SMILES string of the molecule is COc1cc(CCC(O)/C=C(\O)CCc2ccc(O)c(CO)c2)ccc1O. The van der Waals surface area contributed by atoms with Crippen molar-refractivity contribution < 1.29 is 30.3 Å². The van der Waals surface area contributed by atoms with E-state index >= 15 is 0 Å². The molecule has 1 unspecified atom stereocenters. The lowest BCUT2D eigenvalue weighted by Crippen LogP contribution is -2.06. The number of methoxy groups -OCH3 is 1. The Morgan fingerprint density at radius 1 is 1.04 bits per heavy atom. The highest BCUT2D eigenvalue weighted by atomic mass is 16.5. The van der Waals surface area contributed by atoms with E-state index in [2.05, 4.69) is 0 Å². The fourth-order valence-electron chi connectivity index (χ4n) is 2.77. The molecule has 1 atom stereocenters. The van der Waals surface area contributed by atoms with E-state index < -0.39 is 6.10 Å². The average molecular weight is 374 g/mol. The van der Waals surface area contributed by atoms with Crippen molar-refractivity contribution in [1.29, 1.82) is 0 Å². The topological polar surface area (TPSA) is 110 Å². The molecule has 0 aromatic heterocycles. The Morgan fingerprint density at radius 2 is 1.70 bits per heavy atom. The van der Waals surface area contributed by atoms with E-state index in [1.807, 2.05) is 0 Å². The van der Waals surface area contributed by atoms with Crippen LogP contribution >= 0.6 is 0 Å². The Morgan fingerprint density at radius 3 is 2.37 bits per heavy atom. The van der Waals surface area contributed by atoms with Crippen LogP contribution in [0.5, 0.6) is 17.2 Å². The van der Waals surface area contributed by atoms with Gasteiger partial charge in [-0.05, 0) is 60.7 Å². The quantitative estimate of drug-likeness (QED) is 0.432. The van der Waals surface area contributed by atoms with Crippen molar-refractivity contribution in [3.05, 3.63) is 64.9 Å². The zero-order valence-corrected chi connectivity index (χ0v) is 15.3. The minimum absolute atomic E-state index is 0.0438. The maximum absolute atomic E-state index is 10.1. The van der Waals surface area contributed by atoms with Gasteiger partial charge >= 0.3 is 0 Å². The van der Waals surface area contributed by atoms with Crippen molar-refractivity contribution in [3.8, 4) is 17.2 Å². The van der Waals surface area contributed by atoms with Crippen LogP contribution in [0.3, 0.4) is 0 Å². The molecule has 0 amide bonds. The predicted octanol–water partition coefficient (Wildman–Crippen LogP) is 2.97. The summed E-state index contributed by atoms with van der Waals surface area (Å²) >= 11 is 0. The van der Waals surface area contributed by atoms with Gasteiger partial charge in [0.1, 0.15) is 5.75 Å². The van der Waals surface area contributed by atoms with Crippen LogP contribution in [-0.4, -0.2) is 38.7 Å². The number of hydrogen-bond donors (Lipinski definition) is 5. The summed E-state index contributed by atoms with van der Waals surface area (Å²) in [7, 11) is 1.48. The summed E-state index contributed by atoms with van der Waals surface area (Å²) in [6.45, 7) is -0.248. The highest BCUT2D eigenvalue weighted by Crippen LogP contribution is 2.27. The van der Waals surface area contributed by atoms with Crippen LogP contribution in [0, 0.1) is 0 Å². The molecule has 0 fully saturated rings. The van der Waals surface area contributed by atoms with E-state index in [0.29, 0.717) is 37.0 Å². The van der Waals surface area contributed by atoms with Crippen LogP contribution in [0.15, 0.2) is 48.2 Å². The largest absolute Gasteiger partial charge is 0.513 e. The second kappa shape index (κ2) is 9.85. The van der Waals surface area contributed by atoms with E-state index in [-0.39, 0.29) is 23.9 Å². The molecule has 2 rings (SSSR count). The molecule has 0 aliphatic heterocycles. The molecule has 5 N–H and O–H groups in total. The van der Waals surface area contributed by atoms with Gasteiger partial charge < -0.3 is 30.3 Å². The van der Waals surface area contributed by atoms with Gasteiger partial charge in [0.25, 0.3) is 0 Å². The molecule has 0 bridgehead atoms. The first-order valence-electron chi connectivity index (χ1n) is 8.78. The van der Waals surface area contributed by atoms with Gasteiger partial charge in [-0.3, -0.25) is 0 Å². The lowest BCUT2D eigenvalue weighted by atomic mass is 10.0. The van der Waals surface area contributed by atoms with Gasteiger partial charge in [0, 0.05) is 12.0 Å². The van der Waals surface area contributed by atoms with Crippen molar-refractivity contribution in [3.63, 3.8) is 0 Å². The summed E-state index contributed by atoms with van der Waals surface area (Å²) in [6.07, 6.45) is 2.49. The molecule has 0 radical (unpaired) electrons. The smallest absolute Gasteiger partial charge is 0.160 e. The molecule has 0 heterocycles. The van der Waals surface area contributed by atoms with Crippen molar-refractivity contribution >= 4 is 0 Å². The molecule has 0 spiro atoms. The van der Waals surface area contributed by atoms with E-state index in [4.69, 9.17) is 9.84 Å². The molecule has 2 aromatic carbocycles. The summed E-state index contributed by atoms with van der Waals surface area (Å²) in [5, 5.41) is 48.4. The molecule has 0 aliphatic carbocycles. The van der Waals surface area contributed by atoms with Gasteiger partial charge in [-0.2, -0.15) is 0 Å². The van der Waals surface area contributed by atoms with Gasteiger partial charge in [-0.15, -0.1) is 0 Å². The van der Waals surface area contributed by atoms with E-state index in [9.17, 15) is 20.4 Å². The third kappa shape index (κ3) is 6.20. The van der Waals surface area contributed by atoms with Crippen LogP contribution in [0.1, 0.15) is 29.5 Å². The third-order valence-corrected chi connectivity index (χ3v) is 4.34. The summed E-state index contributed by atoms with van der Waals surface area (Å²) < 4.78 is 5.06. The molecule has 6 heteroatoms. The first-order chi connectivity index (χ1) is 12.9. The lowest BCUT2D eigenvalue weighted by Gasteiger charge is -2.10. The van der Waals surface area contributed by atoms with Crippen LogP contribution in [-0.2, 0) is 19.4 Å². The Hall–Kier alpha value is -2.70. The molecule has 0 saturated carbocycles. The number of aliphatic hydroxyl groups excluding tert-OH is 3. The van der Waals surface area contributed by atoms with Gasteiger partial charge in [0.05, 0.1) is 25.6 Å². The number of ether oxygens (including phenoxy) is 1. The Kier molecular flexibility index (Phi) is 7.52. The fraction of sp³-hybridized carbons (Fsp3) is 0.333. The molecule has 0 aliphatic rings. The number of allylic oxidation sites excluding steroid dienone is 1. The van der Waals surface area contributed by atoms with Crippen molar-refractivity contribution in [2.75, 3.05) is 7.11 Å². The summed E-state index contributed by atoms with van der Waals surface area (Å²) in [4.78, 5) is 0. The zero-order chi connectivity index (χ0) is 19.8. The summed E-state index contributed by atoms with van der Waals surface area (Å²) in [5.74, 6) is 0.584. The number of hydrogen-bond acceptors (Lipinski definition) is 6. The molecular formula is C21H26O6. The maximum atomic E-state index is 10.1. The monoisotopic (exact) mass is 374 g/mol. The molecule has 146 valence electrons. The number of aliphatic hydroxyl groups is 3. The second-order valence-corrected chi connectivity index (χ2v) is 6.39. The Bertz CT molecular complexity index is 784. The zero-order valence-electron chi connectivity index (χ0n) is 15.3. The standard InChI is InChI=1S/C21H26O6/c1-27-21-11-15(5-9-20(21)26)3-7-18(24)12-17(23)6-2-14-4-8-19(25)16(10-14)13-22/h4-5,8-12,18,22-26H,2-3,6-7,13H2,1H3/b17-12-. The first-order valence-corrected chi connectivity index (χ1v) is 8.78. The van der Waals surface area contributed by atoms with Gasteiger partial charge in [-0.1, -0.05) is 12.1 Å². The van der Waals surface area contributed by atoms with Crippen molar-refractivity contribution in [1.82, 2.24) is 0 Å². The average Bonchev–Trinajstić information content (AvgIpc) is 2.66. The van der Waals surface area contributed by atoms with E-state index in [1.165, 1.54) is 19.3 Å². The Labute approximate surface area is 158 Å². The molecule has 6 nitrogen and oxygen atoms in total. The van der Waals surface area contributed by atoms with E-state index in [0.717, 1.165) is 11.1 Å². The van der Waals surface area contributed by atoms with Gasteiger partial charge in [-0.25, -0.2) is 0 Å². The number of aromatic hydroxyl groups is 2. The van der Waals surface area contributed by atoms with E-state index in [1.54, 1.807) is 30.3 Å². The predicted molar refractivity (Wildman–Crippen MR) is 102 cm³/mol. The summed E-state index contributed by atoms with van der Waals surface area (Å²) in [6, 6.07) is 9.97. The van der Waals surface area contributed by atoms with Gasteiger partial charge in [0.15, 0.2) is 11.5 Å². The van der Waals surface area contributed by atoms with Crippen LogP contribution in [0.2, 0.25) is 0 Å². The highest BCUT2D eigenvalue weighted by Gasteiger charge is 2.08. The second-order valence-electron chi connectivity index (χ2n) is 6.39. The van der Waals surface area contributed by atoms with Crippen LogP contribution < -0.4 is 4.74 Å².